The molecule has 0 saturated carbocycles. The Hall–Kier alpha value is 0.300. The first kappa shape index (κ1) is 14.7. The van der Waals surface area contributed by atoms with Crippen molar-refractivity contribution in [1.29, 1.82) is 0 Å². The second kappa shape index (κ2) is 7.78. The summed E-state index contributed by atoms with van der Waals surface area (Å²) >= 11 is 2.01. The smallest absolute Gasteiger partial charge is 0.109 e. The predicted molar refractivity (Wildman–Crippen MR) is 88.7 cm³/mol. The molecule has 0 aliphatic carbocycles. The van der Waals surface area contributed by atoms with Gasteiger partial charge in [0.25, 0.3) is 0 Å². The Morgan fingerprint density at radius 1 is 1.39 bits per heavy atom. The maximum absolute atomic E-state index is 5.31. The highest BCUT2D eigenvalue weighted by molar-refractivity contribution is 14.1. The molecule has 0 radical (unpaired) electrons. The molecule has 2 rings (SSSR count). The fourth-order valence-electron chi connectivity index (χ4n) is 2.64. The maximum Gasteiger partial charge on any atom is 0.109 e. The lowest BCUT2D eigenvalue weighted by atomic mass is 10.0. The van der Waals surface area contributed by atoms with Gasteiger partial charge in [0.1, 0.15) is 23.0 Å². The van der Waals surface area contributed by atoms with Gasteiger partial charge in [-0.15, -0.1) is 9.24 Å². The van der Waals surface area contributed by atoms with Crippen molar-refractivity contribution in [2.75, 3.05) is 19.7 Å². The lowest BCUT2D eigenvalue weighted by molar-refractivity contribution is 0.117. The molecule has 0 amide bonds. The van der Waals surface area contributed by atoms with E-state index in [-0.39, 0.29) is 0 Å². The minimum Gasteiger partial charge on any atom is -0.314 e. The number of hydrogen-bond acceptors (Lipinski definition) is 2. The van der Waals surface area contributed by atoms with Crippen LogP contribution in [-0.4, -0.2) is 30.6 Å². The predicted octanol–water partition coefficient (Wildman–Crippen LogP) is 2.95. The van der Waals surface area contributed by atoms with E-state index < -0.39 is 0 Å². The molecule has 100 valence electrons. The van der Waals surface area contributed by atoms with Gasteiger partial charge in [0, 0.05) is 12.6 Å². The largest absolute Gasteiger partial charge is 0.314 e. The molecule has 2 atom stereocenters. The summed E-state index contributed by atoms with van der Waals surface area (Å²) in [6.45, 7) is 3.24. The molecule has 0 N–H and O–H groups in total. The van der Waals surface area contributed by atoms with Crippen molar-refractivity contribution in [3.05, 3.63) is 29.8 Å². The number of rotatable bonds is 5. The zero-order valence-corrected chi connectivity index (χ0v) is 14.0. The molecule has 1 aromatic carbocycles. The molecule has 2 nitrogen and oxygen atoms in total. The summed E-state index contributed by atoms with van der Waals surface area (Å²) < 4.78 is 5.31. The van der Waals surface area contributed by atoms with Gasteiger partial charge in [0.2, 0.25) is 0 Å². The number of halogens is 1. The second-order valence-electron chi connectivity index (χ2n) is 4.96. The van der Waals surface area contributed by atoms with Crippen LogP contribution in [0.2, 0.25) is 0 Å². The topological polar surface area (TPSA) is 12.5 Å². The normalized spacial score (nSPS) is 21.1. The zero-order valence-electron chi connectivity index (χ0n) is 10.6. The Bertz CT molecular complexity index is 373. The van der Waals surface area contributed by atoms with Gasteiger partial charge < -0.3 is 3.07 Å². The summed E-state index contributed by atoms with van der Waals surface area (Å²) in [6, 6.07) is 9.37. The Kier molecular flexibility index (Phi) is 6.36. The van der Waals surface area contributed by atoms with E-state index in [0.29, 0.717) is 6.04 Å². The van der Waals surface area contributed by atoms with E-state index >= 15 is 0 Å². The highest BCUT2D eigenvalue weighted by Gasteiger charge is 2.21. The Morgan fingerprint density at radius 3 is 3.06 bits per heavy atom. The van der Waals surface area contributed by atoms with Crippen molar-refractivity contribution in [3.63, 3.8) is 0 Å². The minimum atomic E-state index is 0.620. The van der Waals surface area contributed by atoms with E-state index in [9.17, 15) is 0 Å². The number of likely N-dealkylation sites (tertiary alicyclic amines) is 1. The maximum atomic E-state index is 5.31. The molecular weight excluding hydrogens is 356 g/mol. The van der Waals surface area contributed by atoms with Gasteiger partial charge in [0.05, 0.1) is 6.61 Å². The summed E-state index contributed by atoms with van der Waals surface area (Å²) in [7, 11) is 2.77. The van der Waals surface area contributed by atoms with Crippen LogP contribution in [0.25, 0.3) is 0 Å². The van der Waals surface area contributed by atoms with Crippen molar-refractivity contribution >= 4 is 37.6 Å². The molecule has 1 fully saturated rings. The summed E-state index contributed by atoms with van der Waals surface area (Å²) in [5.41, 5.74) is 1.43. The molecule has 4 heteroatoms. The molecule has 0 spiro atoms. The lowest BCUT2D eigenvalue weighted by Gasteiger charge is -2.35. The first-order chi connectivity index (χ1) is 8.79. The third-order valence-corrected chi connectivity index (χ3v) is 4.36. The molecule has 1 saturated heterocycles. The standard InChI is InChI=1S/C14H21INOP/c15-17-11-13-5-1-2-8-16(13)9-7-12-4-3-6-14(18)10-12/h3-4,6,10,13H,1-2,5,7-9,11,18H2/t13-/m0/s1. The van der Waals surface area contributed by atoms with Gasteiger partial charge in [-0.2, -0.15) is 0 Å². The fraction of sp³-hybridized carbons (Fsp3) is 0.571. The van der Waals surface area contributed by atoms with E-state index in [2.05, 4.69) is 38.4 Å². The third kappa shape index (κ3) is 4.44. The van der Waals surface area contributed by atoms with E-state index in [1.165, 1.54) is 36.7 Å². The Labute approximate surface area is 126 Å². The SMILES string of the molecule is Pc1cccc(CCN2CCCC[C@H]2COI)c1. The van der Waals surface area contributed by atoms with Gasteiger partial charge in [-0.25, -0.2) is 0 Å². The van der Waals surface area contributed by atoms with Crippen LogP contribution in [-0.2, 0) is 9.49 Å². The summed E-state index contributed by atoms with van der Waals surface area (Å²) in [6.07, 6.45) is 5.11. The van der Waals surface area contributed by atoms with Gasteiger partial charge in [0.15, 0.2) is 0 Å². The van der Waals surface area contributed by atoms with E-state index in [1.807, 2.05) is 23.0 Å². The van der Waals surface area contributed by atoms with Crippen LogP contribution >= 0.6 is 32.2 Å². The van der Waals surface area contributed by atoms with Crippen LogP contribution in [0, 0.1) is 0 Å². The first-order valence-corrected chi connectivity index (χ1v) is 8.07. The first-order valence-electron chi connectivity index (χ1n) is 6.61. The van der Waals surface area contributed by atoms with Crippen LogP contribution in [0.4, 0.5) is 0 Å². The zero-order chi connectivity index (χ0) is 12.8. The number of benzene rings is 1. The number of hydrogen-bond donors (Lipinski definition) is 0. The molecule has 0 bridgehead atoms. The minimum absolute atomic E-state index is 0.620. The molecule has 0 aromatic heterocycles. The number of piperidine rings is 1. The quantitative estimate of drug-likeness (QED) is 0.578. The third-order valence-electron chi connectivity index (χ3n) is 3.64. The summed E-state index contributed by atoms with van der Waals surface area (Å²) in [5.74, 6) is 0. The van der Waals surface area contributed by atoms with Crippen molar-refractivity contribution in [1.82, 2.24) is 4.90 Å². The Balaban J connectivity index is 1.87. The highest BCUT2D eigenvalue weighted by Crippen LogP contribution is 2.18. The van der Waals surface area contributed by atoms with Gasteiger partial charge in [-0.05, 0) is 36.7 Å². The van der Waals surface area contributed by atoms with Gasteiger partial charge in [-0.1, -0.05) is 30.7 Å². The molecule has 1 aliphatic heterocycles. The van der Waals surface area contributed by atoms with E-state index in [1.54, 1.807) is 0 Å². The molecule has 1 aliphatic rings. The van der Waals surface area contributed by atoms with Crippen molar-refractivity contribution in [2.45, 2.75) is 31.7 Å². The Morgan fingerprint density at radius 2 is 2.28 bits per heavy atom. The summed E-state index contributed by atoms with van der Waals surface area (Å²) in [4.78, 5) is 2.59. The fourth-order valence-corrected chi connectivity index (χ4v) is 3.38. The average molecular weight is 377 g/mol. The van der Waals surface area contributed by atoms with Crippen LogP contribution in [0.5, 0.6) is 0 Å². The van der Waals surface area contributed by atoms with Crippen LogP contribution in [0.15, 0.2) is 24.3 Å². The average Bonchev–Trinajstić information content (AvgIpc) is 2.38. The van der Waals surface area contributed by atoms with Crippen molar-refractivity contribution in [3.8, 4) is 0 Å². The van der Waals surface area contributed by atoms with E-state index in [0.717, 1.165) is 19.6 Å². The van der Waals surface area contributed by atoms with Crippen molar-refractivity contribution in [2.24, 2.45) is 0 Å². The van der Waals surface area contributed by atoms with Crippen LogP contribution in [0.3, 0.4) is 0 Å². The molecule has 1 heterocycles. The lowest BCUT2D eigenvalue weighted by Crippen LogP contribution is -2.42. The second-order valence-corrected chi connectivity index (χ2v) is 6.25. The number of nitrogens with zero attached hydrogens (tertiary/aromatic N) is 1. The molecule has 1 unspecified atom stereocenters. The monoisotopic (exact) mass is 377 g/mol. The molecule has 1 aromatic rings. The highest BCUT2D eigenvalue weighted by atomic mass is 127. The molecular formula is C14H21INOP. The van der Waals surface area contributed by atoms with E-state index in [4.69, 9.17) is 3.07 Å². The van der Waals surface area contributed by atoms with Crippen LogP contribution < -0.4 is 5.30 Å². The van der Waals surface area contributed by atoms with Gasteiger partial charge >= 0.3 is 0 Å². The summed E-state index contributed by atoms with van der Waals surface area (Å²) in [5, 5.41) is 1.28. The van der Waals surface area contributed by atoms with Crippen molar-refractivity contribution < 1.29 is 3.07 Å². The van der Waals surface area contributed by atoms with Gasteiger partial charge in [-0.3, -0.25) is 4.90 Å². The molecule has 18 heavy (non-hydrogen) atoms. The van der Waals surface area contributed by atoms with Crippen LogP contribution in [0.1, 0.15) is 24.8 Å².